The lowest BCUT2D eigenvalue weighted by molar-refractivity contribution is -0.134. The molecule has 0 amide bonds. The van der Waals surface area contributed by atoms with Crippen LogP contribution in [0.3, 0.4) is 0 Å². The summed E-state index contributed by atoms with van der Waals surface area (Å²) in [5.74, 6) is 1.78. The summed E-state index contributed by atoms with van der Waals surface area (Å²) in [6, 6.07) is 8.63. The number of ether oxygens (including phenoxy) is 4. The van der Waals surface area contributed by atoms with Crippen molar-refractivity contribution in [2.75, 3.05) is 6.79 Å². The first kappa shape index (κ1) is 16.2. The van der Waals surface area contributed by atoms with Crippen molar-refractivity contribution >= 4 is 17.8 Å². The van der Waals surface area contributed by atoms with Crippen molar-refractivity contribution in [3.8, 4) is 23.0 Å². The molecule has 0 atom stereocenters. The molecular formula is C20H16O6. The van der Waals surface area contributed by atoms with Crippen LogP contribution in [0.25, 0.3) is 6.08 Å². The van der Waals surface area contributed by atoms with Gasteiger partial charge in [0.1, 0.15) is 11.5 Å². The fourth-order valence-electron chi connectivity index (χ4n) is 2.83. The van der Waals surface area contributed by atoms with E-state index in [2.05, 4.69) is 0 Å². The molecule has 0 aromatic heterocycles. The third-order valence-corrected chi connectivity index (χ3v) is 4.24. The zero-order valence-electron chi connectivity index (χ0n) is 14.3. The third kappa shape index (κ3) is 2.69. The average Bonchev–Trinajstić information content (AvgIpc) is 3.22. The fraction of sp³-hybridized carbons (Fsp3) is 0.200. The molecule has 2 aromatic carbocycles. The van der Waals surface area contributed by atoms with Crippen molar-refractivity contribution in [2.24, 2.45) is 0 Å². The number of hydrogen-bond acceptors (Lipinski definition) is 6. The van der Waals surface area contributed by atoms with Gasteiger partial charge in [-0.3, -0.25) is 9.59 Å². The number of esters is 1. The Morgan fingerprint density at radius 1 is 1.19 bits per heavy atom. The monoisotopic (exact) mass is 352 g/mol. The number of hydrogen-bond donors (Lipinski definition) is 0. The maximum Gasteiger partial charge on any atom is 0.310 e. The molecule has 2 heterocycles. The highest BCUT2D eigenvalue weighted by Crippen LogP contribution is 2.40. The SMILES string of the molecule is CCC(=O)Oc1ccc2c(c1C)O/C(=C\c1ccc3c(c1)OCO3)C2=O. The van der Waals surface area contributed by atoms with Crippen molar-refractivity contribution in [3.05, 3.63) is 52.8 Å². The van der Waals surface area contributed by atoms with Gasteiger partial charge in [0.15, 0.2) is 17.3 Å². The van der Waals surface area contributed by atoms with E-state index in [9.17, 15) is 9.59 Å². The average molecular weight is 352 g/mol. The second-order valence-corrected chi connectivity index (χ2v) is 5.95. The van der Waals surface area contributed by atoms with Crippen LogP contribution < -0.4 is 18.9 Å². The van der Waals surface area contributed by atoms with Gasteiger partial charge in [-0.2, -0.15) is 0 Å². The molecule has 0 aliphatic carbocycles. The van der Waals surface area contributed by atoms with Gasteiger partial charge < -0.3 is 18.9 Å². The number of carbonyl (C=O) groups excluding carboxylic acids is 2. The molecule has 26 heavy (non-hydrogen) atoms. The maximum absolute atomic E-state index is 12.6. The number of benzene rings is 2. The topological polar surface area (TPSA) is 71.1 Å². The normalized spacial score (nSPS) is 15.8. The van der Waals surface area contributed by atoms with Crippen molar-refractivity contribution in [3.63, 3.8) is 0 Å². The molecule has 0 saturated heterocycles. The van der Waals surface area contributed by atoms with Gasteiger partial charge in [0.05, 0.1) is 5.56 Å². The zero-order valence-corrected chi connectivity index (χ0v) is 14.3. The van der Waals surface area contributed by atoms with E-state index >= 15 is 0 Å². The van der Waals surface area contributed by atoms with E-state index in [-0.39, 0.29) is 30.7 Å². The Balaban J connectivity index is 1.65. The van der Waals surface area contributed by atoms with E-state index in [1.165, 1.54) is 0 Å². The molecule has 132 valence electrons. The zero-order chi connectivity index (χ0) is 18.3. The van der Waals surface area contributed by atoms with Crippen LogP contribution in [-0.2, 0) is 4.79 Å². The largest absolute Gasteiger partial charge is 0.454 e. The van der Waals surface area contributed by atoms with Crippen molar-refractivity contribution in [2.45, 2.75) is 20.3 Å². The number of rotatable bonds is 3. The Kier molecular flexibility index (Phi) is 3.88. The van der Waals surface area contributed by atoms with E-state index in [1.807, 2.05) is 6.07 Å². The van der Waals surface area contributed by atoms with Gasteiger partial charge in [0.2, 0.25) is 12.6 Å². The van der Waals surface area contributed by atoms with E-state index in [0.717, 1.165) is 5.56 Å². The van der Waals surface area contributed by atoms with Crippen molar-refractivity contribution < 1.29 is 28.5 Å². The number of carbonyl (C=O) groups is 2. The van der Waals surface area contributed by atoms with Gasteiger partial charge in [0.25, 0.3) is 0 Å². The molecule has 6 heteroatoms. The van der Waals surface area contributed by atoms with Crippen LogP contribution >= 0.6 is 0 Å². The molecule has 4 rings (SSSR count). The minimum Gasteiger partial charge on any atom is -0.454 e. The smallest absolute Gasteiger partial charge is 0.310 e. The van der Waals surface area contributed by atoms with Gasteiger partial charge in [-0.15, -0.1) is 0 Å². The molecule has 2 aliphatic rings. The van der Waals surface area contributed by atoms with Crippen molar-refractivity contribution in [1.29, 1.82) is 0 Å². The highest BCUT2D eigenvalue weighted by molar-refractivity contribution is 6.15. The maximum atomic E-state index is 12.6. The Morgan fingerprint density at radius 2 is 2.00 bits per heavy atom. The van der Waals surface area contributed by atoms with Crippen LogP contribution in [0.4, 0.5) is 0 Å². The minimum atomic E-state index is -0.339. The Hall–Kier alpha value is -3.28. The van der Waals surface area contributed by atoms with Crippen LogP contribution in [0, 0.1) is 6.92 Å². The number of fused-ring (bicyclic) bond motifs is 2. The molecule has 0 spiro atoms. The highest BCUT2D eigenvalue weighted by atomic mass is 16.7. The predicted molar refractivity (Wildman–Crippen MR) is 92.6 cm³/mol. The molecule has 0 bridgehead atoms. The Morgan fingerprint density at radius 3 is 2.81 bits per heavy atom. The molecule has 0 fully saturated rings. The molecule has 0 radical (unpaired) electrons. The summed E-state index contributed by atoms with van der Waals surface area (Å²) < 4.78 is 21.7. The Bertz CT molecular complexity index is 957. The summed E-state index contributed by atoms with van der Waals surface area (Å²) in [6.07, 6.45) is 1.92. The van der Waals surface area contributed by atoms with E-state index in [0.29, 0.717) is 34.1 Å². The van der Waals surface area contributed by atoms with Crippen molar-refractivity contribution in [1.82, 2.24) is 0 Å². The molecule has 0 N–H and O–H groups in total. The summed E-state index contributed by atoms with van der Waals surface area (Å²) in [5.41, 5.74) is 1.83. The van der Waals surface area contributed by atoms with E-state index < -0.39 is 0 Å². The summed E-state index contributed by atoms with van der Waals surface area (Å²) >= 11 is 0. The molecule has 0 unspecified atom stereocenters. The first-order valence-corrected chi connectivity index (χ1v) is 8.25. The van der Waals surface area contributed by atoms with E-state index in [4.69, 9.17) is 18.9 Å². The molecular weight excluding hydrogens is 336 g/mol. The molecule has 2 aromatic rings. The number of Topliss-reactive ketones (excluding diaryl/α,β-unsaturated/α-hetero) is 1. The second-order valence-electron chi connectivity index (χ2n) is 5.95. The van der Waals surface area contributed by atoms with Crippen LogP contribution in [-0.4, -0.2) is 18.5 Å². The Labute approximate surface area is 149 Å². The molecule has 6 nitrogen and oxygen atoms in total. The lowest BCUT2D eigenvalue weighted by atomic mass is 10.1. The lowest BCUT2D eigenvalue weighted by Crippen LogP contribution is -2.06. The van der Waals surface area contributed by atoms with Gasteiger partial charge in [-0.25, -0.2) is 0 Å². The van der Waals surface area contributed by atoms with Crippen LogP contribution in [0.15, 0.2) is 36.1 Å². The summed E-state index contributed by atoms with van der Waals surface area (Å²) in [4.78, 5) is 24.2. The minimum absolute atomic E-state index is 0.189. The predicted octanol–water partition coefficient (Wildman–Crippen LogP) is 3.66. The standard InChI is InChI=1S/C20H16O6/c1-3-18(21)25-14-7-5-13-19(22)17(26-20(13)11(14)2)9-12-4-6-15-16(8-12)24-10-23-15/h4-9H,3,10H2,1-2H3/b17-9-. The highest BCUT2D eigenvalue weighted by Gasteiger charge is 2.30. The van der Waals surface area contributed by atoms with Gasteiger partial charge in [-0.05, 0) is 42.8 Å². The molecule has 0 saturated carbocycles. The number of allylic oxidation sites excluding steroid dienone is 1. The quantitative estimate of drug-likeness (QED) is 0.477. The second kappa shape index (κ2) is 6.22. The van der Waals surface area contributed by atoms with E-state index in [1.54, 1.807) is 44.2 Å². The summed E-state index contributed by atoms with van der Waals surface area (Å²) in [5, 5.41) is 0. The summed E-state index contributed by atoms with van der Waals surface area (Å²) in [6.45, 7) is 3.67. The van der Waals surface area contributed by atoms with Gasteiger partial charge in [-0.1, -0.05) is 13.0 Å². The van der Waals surface area contributed by atoms with Gasteiger partial charge >= 0.3 is 5.97 Å². The van der Waals surface area contributed by atoms with Crippen LogP contribution in [0.1, 0.15) is 34.8 Å². The van der Waals surface area contributed by atoms with Crippen LogP contribution in [0.5, 0.6) is 23.0 Å². The lowest BCUT2D eigenvalue weighted by Gasteiger charge is -2.09. The fourth-order valence-corrected chi connectivity index (χ4v) is 2.83. The first-order chi connectivity index (χ1) is 12.6. The summed E-state index contributed by atoms with van der Waals surface area (Å²) in [7, 11) is 0. The number of ketones is 1. The third-order valence-electron chi connectivity index (χ3n) is 4.24. The molecule has 2 aliphatic heterocycles. The first-order valence-electron chi connectivity index (χ1n) is 8.25. The van der Waals surface area contributed by atoms with Crippen LogP contribution in [0.2, 0.25) is 0 Å². The van der Waals surface area contributed by atoms with Gasteiger partial charge in [0, 0.05) is 12.0 Å².